The molecular weight excluding hydrogens is 491 g/mol. The van der Waals surface area contributed by atoms with Gasteiger partial charge in [0.05, 0.1) is 12.8 Å². The largest absolute Gasteiger partial charge is 0.497 e. The Labute approximate surface area is 189 Å². The van der Waals surface area contributed by atoms with Gasteiger partial charge < -0.3 is 19.9 Å². The first-order valence-corrected chi connectivity index (χ1v) is 9.69. The fourth-order valence-corrected chi connectivity index (χ4v) is 3.09. The number of hydrogen-bond donors (Lipinski definition) is 2. The standard InChI is InChI=1S/C20H29ClN4O2.HI/c1-5-22-20(23-11-6-7-18-14(2)25-27-15(18)3)24-12-10-16-8-9-17(26-4)13-19(16)21;/h8-9,13H,5-7,10-12H2,1-4H3,(H2,22,23,24);1H. The number of rotatable bonds is 9. The summed E-state index contributed by atoms with van der Waals surface area (Å²) in [4.78, 5) is 4.64. The van der Waals surface area contributed by atoms with E-state index in [0.717, 1.165) is 72.6 Å². The predicted octanol–water partition coefficient (Wildman–Crippen LogP) is 4.30. The Bertz CT molecular complexity index is 745. The molecule has 1 heterocycles. The van der Waals surface area contributed by atoms with Crippen molar-refractivity contribution in [2.75, 3.05) is 26.7 Å². The minimum Gasteiger partial charge on any atom is -0.497 e. The highest BCUT2D eigenvalue weighted by Crippen LogP contribution is 2.22. The van der Waals surface area contributed by atoms with Crippen molar-refractivity contribution in [3.63, 3.8) is 0 Å². The molecule has 0 bridgehead atoms. The van der Waals surface area contributed by atoms with Gasteiger partial charge in [-0.2, -0.15) is 0 Å². The van der Waals surface area contributed by atoms with E-state index in [-0.39, 0.29) is 24.0 Å². The smallest absolute Gasteiger partial charge is 0.191 e. The van der Waals surface area contributed by atoms with Crippen molar-refractivity contribution in [2.45, 2.75) is 40.0 Å². The van der Waals surface area contributed by atoms with E-state index >= 15 is 0 Å². The molecule has 1 aromatic carbocycles. The quantitative estimate of drug-likeness (QED) is 0.223. The predicted molar refractivity (Wildman–Crippen MR) is 125 cm³/mol. The molecule has 0 saturated carbocycles. The van der Waals surface area contributed by atoms with Crippen LogP contribution in [0.2, 0.25) is 5.02 Å². The van der Waals surface area contributed by atoms with Crippen molar-refractivity contribution in [3.8, 4) is 5.75 Å². The van der Waals surface area contributed by atoms with Gasteiger partial charge in [0, 0.05) is 30.2 Å². The van der Waals surface area contributed by atoms with E-state index in [1.165, 1.54) is 5.56 Å². The van der Waals surface area contributed by atoms with Crippen molar-refractivity contribution >= 4 is 41.5 Å². The number of halogens is 2. The molecule has 28 heavy (non-hydrogen) atoms. The maximum absolute atomic E-state index is 6.29. The van der Waals surface area contributed by atoms with Crippen LogP contribution in [0.25, 0.3) is 0 Å². The number of aliphatic imine (C=N–C) groups is 1. The molecule has 2 aromatic rings. The molecule has 8 heteroatoms. The summed E-state index contributed by atoms with van der Waals surface area (Å²) in [6, 6.07) is 5.76. The fourth-order valence-electron chi connectivity index (χ4n) is 2.82. The van der Waals surface area contributed by atoms with Crippen molar-refractivity contribution in [1.82, 2.24) is 15.8 Å². The third-order valence-corrected chi connectivity index (χ3v) is 4.68. The molecule has 0 spiro atoms. The lowest BCUT2D eigenvalue weighted by Crippen LogP contribution is -2.38. The van der Waals surface area contributed by atoms with E-state index in [9.17, 15) is 0 Å². The molecule has 0 radical (unpaired) electrons. The summed E-state index contributed by atoms with van der Waals surface area (Å²) < 4.78 is 10.4. The summed E-state index contributed by atoms with van der Waals surface area (Å²) in [5.41, 5.74) is 3.24. The number of benzene rings is 1. The van der Waals surface area contributed by atoms with E-state index in [0.29, 0.717) is 0 Å². The van der Waals surface area contributed by atoms with Crippen LogP contribution in [0.15, 0.2) is 27.7 Å². The molecule has 2 rings (SSSR count). The summed E-state index contributed by atoms with van der Waals surface area (Å²) in [5.74, 6) is 2.49. The van der Waals surface area contributed by atoms with Gasteiger partial charge in [0.15, 0.2) is 5.96 Å². The first-order chi connectivity index (χ1) is 13.0. The lowest BCUT2D eigenvalue weighted by molar-refractivity contribution is 0.392. The average molecular weight is 521 g/mol. The van der Waals surface area contributed by atoms with Crippen LogP contribution in [0.4, 0.5) is 0 Å². The lowest BCUT2D eigenvalue weighted by Gasteiger charge is -2.12. The van der Waals surface area contributed by atoms with Crippen LogP contribution in [-0.4, -0.2) is 37.9 Å². The second kappa shape index (κ2) is 12.9. The second-order valence-corrected chi connectivity index (χ2v) is 6.71. The third kappa shape index (κ3) is 7.50. The number of aryl methyl sites for hydroxylation is 2. The Kier molecular flexibility index (Phi) is 11.3. The number of nitrogens with zero attached hydrogens (tertiary/aromatic N) is 2. The van der Waals surface area contributed by atoms with Crippen molar-refractivity contribution < 1.29 is 9.26 Å². The van der Waals surface area contributed by atoms with Crippen molar-refractivity contribution in [2.24, 2.45) is 4.99 Å². The zero-order valence-corrected chi connectivity index (χ0v) is 20.1. The van der Waals surface area contributed by atoms with Crippen LogP contribution in [0.3, 0.4) is 0 Å². The molecule has 0 aliphatic carbocycles. The Balaban J connectivity index is 0.00000392. The summed E-state index contributed by atoms with van der Waals surface area (Å²) in [6.07, 6.45) is 2.68. The molecule has 0 amide bonds. The molecule has 0 unspecified atom stereocenters. The minimum atomic E-state index is 0. The molecular formula is C20H30ClIN4O2. The fraction of sp³-hybridized carbons (Fsp3) is 0.500. The average Bonchev–Trinajstić information content (AvgIpc) is 2.98. The number of methoxy groups -OCH3 is 1. The SMILES string of the molecule is CCNC(=NCCCc1c(C)noc1C)NCCc1ccc(OC)cc1Cl.I. The van der Waals surface area contributed by atoms with Crippen LogP contribution in [-0.2, 0) is 12.8 Å². The number of aromatic nitrogens is 1. The highest BCUT2D eigenvalue weighted by molar-refractivity contribution is 14.0. The summed E-state index contributed by atoms with van der Waals surface area (Å²) >= 11 is 6.29. The van der Waals surface area contributed by atoms with E-state index in [1.807, 2.05) is 32.0 Å². The molecule has 0 saturated heterocycles. The Morgan fingerprint density at radius 3 is 2.64 bits per heavy atom. The van der Waals surface area contributed by atoms with Crippen LogP contribution < -0.4 is 15.4 Å². The first kappa shape index (κ1) is 24.6. The van der Waals surface area contributed by atoms with Gasteiger partial charge in [0.1, 0.15) is 11.5 Å². The Hall–Kier alpha value is -1.48. The molecule has 0 aliphatic rings. The van der Waals surface area contributed by atoms with E-state index < -0.39 is 0 Å². The Morgan fingerprint density at radius 2 is 2.04 bits per heavy atom. The summed E-state index contributed by atoms with van der Waals surface area (Å²) in [7, 11) is 1.64. The van der Waals surface area contributed by atoms with Gasteiger partial charge in [-0.15, -0.1) is 24.0 Å². The lowest BCUT2D eigenvalue weighted by atomic mass is 10.1. The van der Waals surface area contributed by atoms with E-state index in [4.69, 9.17) is 20.9 Å². The second-order valence-electron chi connectivity index (χ2n) is 6.30. The Morgan fingerprint density at radius 1 is 1.25 bits per heavy atom. The number of nitrogens with one attached hydrogen (secondary N) is 2. The zero-order chi connectivity index (χ0) is 19.6. The maximum Gasteiger partial charge on any atom is 0.191 e. The van der Waals surface area contributed by atoms with Crippen molar-refractivity contribution in [1.29, 1.82) is 0 Å². The van der Waals surface area contributed by atoms with Gasteiger partial charge in [-0.3, -0.25) is 4.99 Å². The number of guanidine groups is 1. The maximum atomic E-state index is 6.29. The topological polar surface area (TPSA) is 71.7 Å². The summed E-state index contributed by atoms with van der Waals surface area (Å²) in [6.45, 7) is 8.30. The van der Waals surface area contributed by atoms with Crippen LogP contribution >= 0.6 is 35.6 Å². The molecule has 0 aliphatic heterocycles. The molecule has 1 aromatic heterocycles. The highest BCUT2D eigenvalue weighted by atomic mass is 127. The number of ether oxygens (including phenoxy) is 1. The minimum absolute atomic E-state index is 0. The van der Waals surface area contributed by atoms with E-state index in [1.54, 1.807) is 7.11 Å². The molecule has 156 valence electrons. The molecule has 6 nitrogen and oxygen atoms in total. The van der Waals surface area contributed by atoms with E-state index in [2.05, 4.69) is 27.7 Å². The highest BCUT2D eigenvalue weighted by Gasteiger charge is 2.08. The van der Waals surface area contributed by atoms with Gasteiger partial charge >= 0.3 is 0 Å². The first-order valence-electron chi connectivity index (χ1n) is 9.31. The molecule has 0 atom stereocenters. The molecule has 0 fully saturated rings. The van der Waals surface area contributed by atoms with Gasteiger partial charge in [-0.25, -0.2) is 0 Å². The molecule has 2 N–H and O–H groups in total. The monoisotopic (exact) mass is 520 g/mol. The third-order valence-electron chi connectivity index (χ3n) is 4.33. The van der Waals surface area contributed by atoms with Gasteiger partial charge in [0.2, 0.25) is 0 Å². The normalized spacial score (nSPS) is 11.1. The van der Waals surface area contributed by atoms with Gasteiger partial charge in [0.25, 0.3) is 0 Å². The zero-order valence-electron chi connectivity index (χ0n) is 17.0. The van der Waals surface area contributed by atoms with Crippen LogP contribution in [0, 0.1) is 13.8 Å². The van der Waals surface area contributed by atoms with Gasteiger partial charge in [-0.05, 0) is 57.7 Å². The van der Waals surface area contributed by atoms with Gasteiger partial charge in [-0.1, -0.05) is 22.8 Å². The summed E-state index contributed by atoms with van der Waals surface area (Å²) in [5, 5.41) is 11.3. The number of hydrogen-bond acceptors (Lipinski definition) is 4. The van der Waals surface area contributed by atoms with Crippen LogP contribution in [0.1, 0.15) is 35.9 Å². The van der Waals surface area contributed by atoms with Crippen molar-refractivity contribution in [3.05, 3.63) is 45.8 Å². The van der Waals surface area contributed by atoms with Crippen LogP contribution in [0.5, 0.6) is 5.75 Å².